The van der Waals surface area contributed by atoms with Gasteiger partial charge in [-0.2, -0.15) is 0 Å². The van der Waals surface area contributed by atoms with Gasteiger partial charge in [0.15, 0.2) is 5.58 Å². The predicted octanol–water partition coefficient (Wildman–Crippen LogP) is 4.22. The summed E-state index contributed by atoms with van der Waals surface area (Å²) in [4.78, 5) is 25.3. The van der Waals surface area contributed by atoms with Crippen molar-refractivity contribution in [1.29, 1.82) is 0 Å². The summed E-state index contributed by atoms with van der Waals surface area (Å²) < 4.78 is 17.4. The molecular weight excluding hydrogens is 396 g/mol. The van der Waals surface area contributed by atoms with E-state index < -0.39 is 5.76 Å². The number of oxazole rings is 1. The Morgan fingerprint density at radius 2 is 1.65 bits per heavy atom. The lowest BCUT2D eigenvalue weighted by Crippen LogP contribution is -2.15. The molecule has 1 heterocycles. The van der Waals surface area contributed by atoms with Crippen molar-refractivity contribution >= 4 is 22.7 Å². The molecule has 0 atom stereocenters. The molecule has 0 aliphatic heterocycles. The van der Waals surface area contributed by atoms with Crippen LogP contribution in [-0.4, -0.2) is 24.7 Å². The molecule has 3 aromatic carbocycles. The molecule has 0 fully saturated rings. The number of nitrogens with zero attached hydrogens (tertiary/aromatic N) is 1. The second kappa shape index (κ2) is 8.39. The monoisotopic (exact) mass is 418 g/mol. The zero-order valence-electron chi connectivity index (χ0n) is 17.5. The number of aromatic nitrogens is 1. The Labute approximate surface area is 178 Å². The molecule has 0 aliphatic rings. The molecule has 0 aliphatic carbocycles. The summed E-state index contributed by atoms with van der Waals surface area (Å²) in [5.74, 6) is 0.331. The van der Waals surface area contributed by atoms with Crippen LogP contribution < -0.4 is 20.5 Å². The number of benzene rings is 3. The maximum Gasteiger partial charge on any atom is 0.420 e. The largest absolute Gasteiger partial charge is 0.497 e. The van der Waals surface area contributed by atoms with Crippen LogP contribution in [0.1, 0.15) is 21.5 Å². The average Bonchev–Trinajstić information content (AvgIpc) is 3.09. The van der Waals surface area contributed by atoms with E-state index in [1.54, 1.807) is 50.6 Å². The Kier molecular flexibility index (Phi) is 5.49. The van der Waals surface area contributed by atoms with Crippen molar-refractivity contribution in [3.05, 3.63) is 87.9 Å². The molecule has 0 saturated carbocycles. The first-order valence-electron chi connectivity index (χ1n) is 9.70. The molecule has 0 unspecified atom stereocenters. The van der Waals surface area contributed by atoms with E-state index in [1.165, 1.54) is 4.57 Å². The molecule has 1 aromatic heterocycles. The zero-order valence-corrected chi connectivity index (χ0v) is 17.5. The number of fused-ring (bicyclic) bond motifs is 1. The molecule has 4 rings (SSSR count). The summed E-state index contributed by atoms with van der Waals surface area (Å²) in [5, 5.41) is 2.84. The smallest absolute Gasteiger partial charge is 0.420 e. The van der Waals surface area contributed by atoms with Gasteiger partial charge in [0.2, 0.25) is 0 Å². The minimum absolute atomic E-state index is 0.326. The van der Waals surface area contributed by atoms with Gasteiger partial charge in [0.25, 0.3) is 5.91 Å². The van der Waals surface area contributed by atoms with E-state index in [0.29, 0.717) is 40.4 Å². The van der Waals surface area contributed by atoms with E-state index in [2.05, 4.69) is 5.32 Å². The quantitative estimate of drug-likeness (QED) is 0.507. The number of anilines is 1. The molecular formula is C24H22N2O5. The van der Waals surface area contributed by atoms with Crippen LogP contribution in [0.5, 0.6) is 11.5 Å². The highest BCUT2D eigenvalue weighted by atomic mass is 16.5. The summed E-state index contributed by atoms with van der Waals surface area (Å²) in [6.45, 7) is 2.36. The number of amides is 1. The molecule has 1 N–H and O–H groups in total. The van der Waals surface area contributed by atoms with Crippen LogP contribution in [0.4, 0.5) is 5.69 Å². The van der Waals surface area contributed by atoms with Gasteiger partial charge in [0.05, 0.1) is 26.3 Å². The fraction of sp³-hybridized carbons (Fsp3) is 0.167. The lowest BCUT2D eigenvalue weighted by Gasteiger charge is -2.10. The third-order valence-corrected chi connectivity index (χ3v) is 5.00. The van der Waals surface area contributed by atoms with Crippen LogP contribution in [0.15, 0.2) is 69.9 Å². The van der Waals surface area contributed by atoms with Crippen LogP contribution in [0, 0.1) is 6.92 Å². The van der Waals surface area contributed by atoms with Gasteiger partial charge >= 0.3 is 5.76 Å². The molecule has 0 bridgehead atoms. The Morgan fingerprint density at radius 3 is 2.29 bits per heavy atom. The van der Waals surface area contributed by atoms with Crippen LogP contribution in [-0.2, 0) is 6.54 Å². The van der Waals surface area contributed by atoms with Crippen molar-refractivity contribution in [3.63, 3.8) is 0 Å². The van der Waals surface area contributed by atoms with Gasteiger partial charge in [-0.05, 0) is 30.7 Å². The summed E-state index contributed by atoms with van der Waals surface area (Å²) in [6.07, 6.45) is 0. The van der Waals surface area contributed by atoms with Crippen molar-refractivity contribution in [3.8, 4) is 11.5 Å². The Morgan fingerprint density at radius 1 is 0.968 bits per heavy atom. The fourth-order valence-corrected chi connectivity index (χ4v) is 3.31. The van der Waals surface area contributed by atoms with Crippen LogP contribution in [0.3, 0.4) is 0 Å². The molecule has 158 valence electrons. The Bertz CT molecular complexity index is 1280. The third kappa shape index (κ3) is 4.30. The first kappa shape index (κ1) is 20.3. The van der Waals surface area contributed by atoms with Gasteiger partial charge < -0.3 is 19.2 Å². The van der Waals surface area contributed by atoms with Crippen molar-refractivity contribution in [2.24, 2.45) is 0 Å². The van der Waals surface area contributed by atoms with E-state index in [0.717, 1.165) is 11.1 Å². The summed E-state index contributed by atoms with van der Waals surface area (Å²) in [7, 11) is 3.08. The van der Waals surface area contributed by atoms with Gasteiger partial charge in [0, 0.05) is 29.4 Å². The molecule has 7 nitrogen and oxygen atoms in total. The maximum absolute atomic E-state index is 12.9. The van der Waals surface area contributed by atoms with Gasteiger partial charge in [-0.15, -0.1) is 0 Å². The number of methoxy groups -OCH3 is 2. The highest BCUT2D eigenvalue weighted by Gasteiger charge is 2.14. The third-order valence-electron chi connectivity index (χ3n) is 5.00. The number of carbonyl (C=O) groups is 1. The molecule has 1 amide bonds. The van der Waals surface area contributed by atoms with Gasteiger partial charge in [-0.1, -0.05) is 29.8 Å². The molecule has 4 aromatic rings. The molecule has 0 spiro atoms. The summed E-state index contributed by atoms with van der Waals surface area (Å²) in [5.41, 5.74) is 4.02. The van der Waals surface area contributed by atoms with Crippen molar-refractivity contribution in [1.82, 2.24) is 4.57 Å². The predicted molar refractivity (Wildman–Crippen MR) is 118 cm³/mol. The minimum Gasteiger partial charge on any atom is -0.497 e. The minimum atomic E-state index is -0.467. The number of hydrogen-bond donors (Lipinski definition) is 1. The normalized spacial score (nSPS) is 10.8. The Balaban J connectivity index is 1.65. The molecule has 7 heteroatoms. The highest BCUT2D eigenvalue weighted by molar-refractivity contribution is 6.06. The van der Waals surface area contributed by atoms with Gasteiger partial charge in [0.1, 0.15) is 11.5 Å². The number of nitrogens with one attached hydrogen (secondary N) is 1. The van der Waals surface area contributed by atoms with Crippen LogP contribution in [0.2, 0.25) is 0 Å². The topological polar surface area (TPSA) is 82.7 Å². The fourth-order valence-electron chi connectivity index (χ4n) is 3.31. The maximum atomic E-state index is 12.9. The molecule has 0 radical (unpaired) electrons. The summed E-state index contributed by atoms with van der Waals surface area (Å²) in [6, 6.07) is 17.9. The Hall–Kier alpha value is -4.00. The number of carbonyl (C=O) groups excluding carboxylic acids is 1. The zero-order chi connectivity index (χ0) is 22.0. The summed E-state index contributed by atoms with van der Waals surface area (Å²) >= 11 is 0. The lowest BCUT2D eigenvalue weighted by atomic mass is 10.1. The van der Waals surface area contributed by atoms with E-state index in [9.17, 15) is 9.59 Å². The molecule has 31 heavy (non-hydrogen) atoms. The van der Waals surface area contributed by atoms with Crippen LogP contribution >= 0.6 is 0 Å². The first-order chi connectivity index (χ1) is 15.0. The van der Waals surface area contributed by atoms with E-state index in [4.69, 9.17) is 13.9 Å². The van der Waals surface area contributed by atoms with Crippen molar-refractivity contribution < 1.29 is 18.7 Å². The van der Waals surface area contributed by atoms with Gasteiger partial charge in [-0.25, -0.2) is 4.79 Å². The molecule has 0 saturated heterocycles. The SMILES string of the molecule is COc1cc(NC(=O)c2ccc3oc(=O)n(Cc4ccc(C)cc4)c3c2)cc(OC)c1. The second-order valence-corrected chi connectivity index (χ2v) is 7.18. The highest BCUT2D eigenvalue weighted by Crippen LogP contribution is 2.26. The van der Waals surface area contributed by atoms with Gasteiger partial charge in [-0.3, -0.25) is 9.36 Å². The van der Waals surface area contributed by atoms with E-state index >= 15 is 0 Å². The standard InChI is InChI=1S/C24H22N2O5/c1-15-4-6-16(7-5-15)14-26-21-10-17(8-9-22(21)31-24(26)28)23(27)25-18-11-19(29-2)13-20(12-18)30-3/h4-13H,14H2,1-3H3,(H,25,27). The lowest BCUT2D eigenvalue weighted by molar-refractivity contribution is 0.102. The number of ether oxygens (including phenoxy) is 2. The van der Waals surface area contributed by atoms with Crippen molar-refractivity contribution in [2.75, 3.05) is 19.5 Å². The number of rotatable bonds is 6. The second-order valence-electron chi connectivity index (χ2n) is 7.18. The average molecular weight is 418 g/mol. The van der Waals surface area contributed by atoms with E-state index in [-0.39, 0.29) is 5.91 Å². The number of hydrogen-bond acceptors (Lipinski definition) is 5. The van der Waals surface area contributed by atoms with E-state index in [1.807, 2.05) is 31.2 Å². The number of aryl methyl sites for hydroxylation is 1. The van der Waals surface area contributed by atoms with Crippen LogP contribution in [0.25, 0.3) is 11.1 Å². The van der Waals surface area contributed by atoms with Crippen molar-refractivity contribution in [2.45, 2.75) is 13.5 Å². The first-order valence-corrected chi connectivity index (χ1v) is 9.70.